The predicted octanol–water partition coefficient (Wildman–Crippen LogP) is 1.99. The lowest BCUT2D eigenvalue weighted by Crippen LogP contribution is -2.24. The number of ketones is 1. The molecule has 0 saturated heterocycles. The van der Waals surface area contributed by atoms with Crippen molar-refractivity contribution in [3.63, 3.8) is 0 Å². The lowest BCUT2D eigenvalue weighted by Gasteiger charge is -2.22. The molecule has 0 N–H and O–H groups in total. The minimum absolute atomic E-state index is 0.0948. The minimum Gasteiger partial charge on any atom is -0.550 e. The van der Waals surface area contributed by atoms with Crippen molar-refractivity contribution in [3.05, 3.63) is 45.9 Å². The molecule has 6 heteroatoms. The van der Waals surface area contributed by atoms with Gasteiger partial charge >= 0.3 is 0 Å². The van der Waals surface area contributed by atoms with Gasteiger partial charge in [-0.15, -0.1) is 11.3 Å². The summed E-state index contributed by atoms with van der Waals surface area (Å²) in [6.45, 7) is 6.09. The Morgan fingerprint density at radius 1 is 1.26 bits per heavy atom. The van der Waals surface area contributed by atoms with E-state index >= 15 is 0 Å². The molecule has 2 rings (SSSR count). The van der Waals surface area contributed by atoms with Gasteiger partial charge in [0.15, 0.2) is 11.6 Å². The molecule has 5 nitrogen and oxygen atoms in total. The summed E-state index contributed by atoms with van der Waals surface area (Å²) in [5.74, 6) is -0.826. The molecule has 2 aromatic rings. The van der Waals surface area contributed by atoms with Gasteiger partial charge < -0.3 is 14.6 Å². The van der Waals surface area contributed by atoms with E-state index in [1.165, 1.54) is 0 Å². The number of carboxylic acids is 1. The number of hydrogen-bond donors (Lipinski definition) is 0. The van der Waals surface area contributed by atoms with E-state index in [1.54, 1.807) is 5.38 Å². The van der Waals surface area contributed by atoms with Crippen LogP contribution in [0, 0.1) is 0 Å². The van der Waals surface area contributed by atoms with Gasteiger partial charge in [-0.25, -0.2) is 4.98 Å². The topological polar surface area (TPSA) is 79.3 Å². The highest BCUT2D eigenvalue weighted by molar-refractivity contribution is 7.11. The summed E-state index contributed by atoms with van der Waals surface area (Å²) in [6.07, 6.45) is -0.294. The first-order chi connectivity index (χ1) is 10.8. The van der Waals surface area contributed by atoms with Crippen molar-refractivity contribution in [1.29, 1.82) is 0 Å². The fourth-order valence-corrected chi connectivity index (χ4v) is 2.83. The number of carbonyl (C=O) groups is 2. The Balaban J connectivity index is 2.05. The van der Waals surface area contributed by atoms with E-state index in [-0.39, 0.29) is 29.2 Å². The first-order valence-corrected chi connectivity index (χ1v) is 8.05. The summed E-state index contributed by atoms with van der Waals surface area (Å²) in [5, 5.41) is 12.3. The normalized spacial score (nSPS) is 11.3. The van der Waals surface area contributed by atoms with Gasteiger partial charge in [0, 0.05) is 17.8 Å². The van der Waals surface area contributed by atoms with Crippen LogP contribution in [-0.2, 0) is 16.6 Å². The van der Waals surface area contributed by atoms with Crippen molar-refractivity contribution in [1.82, 2.24) is 4.98 Å². The molecule has 1 heterocycles. The second-order valence-corrected chi connectivity index (χ2v) is 7.01. The monoisotopic (exact) mass is 332 g/mol. The Labute approximate surface area is 138 Å². The molecule has 0 atom stereocenters. The van der Waals surface area contributed by atoms with E-state index < -0.39 is 5.97 Å². The second kappa shape index (κ2) is 6.91. The average Bonchev–Trinajstić information content (AvgIpc) is 2.92. The average molecular weight is 332 g/mol. The zero-order chi connectivity index (χ0) is 17.0. The van der Waals surface area contributed by atoms with Gasteiger partial charge in [0.1, 0.15) is 5.75 Å². The number of thiazole rings is 1. The number of hydrogen-bond acceptors (Lipinski definition) is 6. The second-order valence-electron chi connectivity index (χ2n) is 6.15. The van der Waals surface area contributed by atoms with Gasteiger partial charge in [-0.05, 0) is 17.0 Å². The van der Waals surface area contributed by atoms with Gasteiger partial charge in [-0.1, -0.05) is 39.0 Å². The van der Waals surface area contributed by atoms with E-state index in [0.717, 1.165) is 16.9 Å². The highest BCUT2D eigenvalue weighted by Crippen LogP contribution is 2.31. The maximum absolute atomic E-state index is 12.1. The largest absolute Gasteiger partial charge is 0.550 e. The van der Waals surface area contributed by atoms with Crippen LogP contribution in [0.3, 0.4) is 0 Å². The van der Waals surface area contributed by atoms with Crippen LogP contribution in [0.4, 0.5) is 0 Å². The third-order valence-corrected chi connectivity index (χ3v) is 4.10. The Morgan fingerprint density at radius 3 is 2.61 bits per heavy atom. The molecule has 0 aliphatic rings. The van der Waals surface area contributed by atoms with Crippen LogP contribution in [0.2, 0.25) is 0 Å². The summed E-state index contributed by atoms with van der Waals surface area (Å²) >= 11 is 1.11. The van der Waals surface area contributed by atoms with Crippen molar-refractivity contribution in [3.8, 4) is 5.75 Å². The van der Waals surface area contributed by atoms with E-state index in [4.69, 9.17) is 4.74 Å². The zero-order valence-corrected chi connectivity index (χ0v) is 14.1. The molecule has 0 amide bonds. The zero-order valence-electron chi connectivity index (χ0n) is 13.3. The van der Waals surface area contributed by atoms with Crippen molar-refractivity contribution in [2.45, 2.75) is 32.6 Å². The number of benzene rings is 1. The Hall–Kier alpha value is -2.21. The molecule has 23 heavy (non-hydrogen) atoms. The van der Waals surface area contributed by atoms with Gasteiger partial charge in [0.05, 0.1) is 5.69 Å². The number of nitrogens with zero attached hydrogens (tertiary/aromatic N) is 1. The predicted molar refractivity (Wildman–Crippen MR) is 85.8 cm³/mol. The van der Waals surface area contributed by atoms with Crippen LogP contribution in [0.1, 0.15) is 41.8 Å². The molecule has 0 radical (unpaired) electrons. The summed E-state index contributed by atoms with van der Waals surface area (Å²) in [4.78, 5) is 26.7. The highest BCUT2D eigenvalue weighted by atomic mass is 32.1. The summed E-state index contributed by atoms with van der Waals surface area (Å²) in [6, 6.07) is 7.59. The molecule has 1 aromatic carbocycles. The molecule has 0 bridgehead atoms. The molecular formula is C17H18NO4S-. The molecule has 0 aliphatic heterocycles. The van der Waals surface area contributed by atoms with Crippen LogP contribution in [-0.4, -0.2) is 23.3 Å². The molecule has 0 unspecified atom stereocenters. The molecule has 1 aromatic heterocycles. The van der Waals surface area contributed by atoms with Crippen molar-refractivity contribution < 1.29 is 19.4 Å². The lowest BCUT2D eigenvalue weighted by atomic mass is 9.86. The SMILES string of the molecule is CC(C)(C)c1ccccc1OCC(=O)c1nc(CC(=O)[O-])cs1. The van der Waals surface area contributed by atoms with Crippen LogP contribution < -0.4 is 9.84 Å². The van der Waals surface area contributed by atoms with E-state index in [1.807, 2.05) is 24.3 Å². The number of aromatic nitrogens is 1. The van der Waals surface area contributed by atoms with Gasteiger partial charge in [0.2, 0.25) is 5.78 Å². The third-order valence-electron chi connectivity index (χ3n) is 3.17. The van der Waals surface area contributed by atoms with Gasteiger partial charge in [0.25, 0.3) is 0 Å². The van der Waals surface area contributed by atoms with Crippen molar-refractivity contribution >= 4 is 23.1 Å². The van der Waals surface area contributed by atoms with Crippen LogP contribution >= 0.6 is 11.3 Å². The standard InChI is InChI=1S/C17H19NO4S/c1-17(2,3)12-6-4-5-7-14(12)22-9-13(19)16-18-11(10-23-16)8-15(20)21/h4-7,10H,8-9H2,1-3H3,(H,20,21)/p-1. The first-order valence-electron chi connectivity index (χ1n) is 7.17. The Morgan fingerprint density at radius 2 is 1.96 bits per heavy atom. The summed E-state index contributed by atoms with van der Waals surface area (Å²) in [5.41, 5.74) is 1.25. The first kappa shape index (κ1) is 17.1. The van der Waals surface area contributed by atoms with E-state index in [0.29, 0.717) is 11.4 Å². The quantitative estimate of drug-likeness (QED) is 0.756. The number of ether oxygens (including phenoxy) is 1. The third kappa shape index (κ3) is 4.63. The molecule has 122 valence electrons. The number of para-hydroxylation sites is 1. The number of carboxylic acid groups (broad SMARTS) is 1. The van der Waals surface area contributed by atoms with Crippen molar-refractivity contribution in [2.24, 2.45) is 0 Å². The van der Waals surface area contributed by atoms with Gasteiger partial charge in [-0.3, -0.25) is 4.79 Å². The van der Waals surface area contributed by atoms with Crippen LogP contribution in [0.5, 0.6) is 5.75 Å². The van der Waals surface area contributed by atoms with E-state index in [9.17, 15) is 14.7 Å². The molecular weight excluding hydrogens is 314 g/mol. The van der Waals surface area contributed by atoms with Crippen molar-refractivity contribution in [2.75, 3.05) is 6.61 Å². The number of Topliss-reactive ketones (excluding diaryl/α,β-unsaturated/α-hetero) is 1. The van der Waals surface area contributed by atoms with Crippen LogP contribution in [0.15, 0.2) is 29.6 Å². The summed E-state index contributed by atoms with van der Waals surface area (Å²) < 4.78 is 5.66. The highest BCUT2D eigenvalue weighted by Gasteiger charge is 2.19. The molecule has 0 saturated carbocycles. The van der Waals surface area contributed by atoms with Crippen LogP contribution in [0.25, 0.3) is 0 Å². The molecule has 0 fully saturated rings. The Bertz CT molecular complexity index is 715. The maximum atomic E-state index is 12.1. The lowest BCUT2D eigenvalue weighted by molar-refractivity contribution is -0.304. The Kier molecular flexibility index (Phi) is 5.15. The number of carbonyl (C=O) groups excluding carboxylic acids is 2. The van der Waals surface area contributed by atoms with E-state index in [2.05, 4.69) is 25.8 Å². The molecule has 0 spiro atoms. The fraction of sp³-hybridized carbons (Fsp3) is 0.353. The fourth-order valence-electron chi connectivity index (χ4n) is 2.08. The maximum Gasteiger partial charge on any atom is 0.228 e. The van der Waals surface area contributed by atoms with Gasteiger partial charge in [-0.2, -0.15) is 0 Å². The smallest absolute Gasteiger partial charge is 0.228 e. The number of aliphatic carboxylic acids is 1. The molecule has 0 aliphatic carbocycles. The minimum atomic E-state index is -1.22. The number of rotatable bonds is 6. The summed E-state index contributed by atoms with van der Waals surface area (Å²) in [7, 11) is 0.